The van der Waals surface area contributed by atoms with Crippen molar-refractivity contribution in [3.8, 4) is 11.5 Å². The maximum atomic E-state index is 6.22. The molecule has 0 bridgehead atoms. The molecule has 0 N–H and O–H groups in total. The van der Waals surface area contributed by atoms with E-state index in [2.05, 4.69) is 42.0 Å². The molecule has 2 aliphatic heterocycles. The highest BCUT2D eigenvalue weighted by molar-refractivity contribution is 6.31. The van der Waals surface area contributed by atoms with E-state index in [9.17, 15) is 0 Å². The Bertz CT molecular complexity index is 810. The Balaban J connectivity index is 1.87. The minimum Gasteiger partial charge on any atom is -0.454 e. The number of fused-ring (bicyclic) bond motifs is 2. The van der Waals surface area contributed by atoms with Gasteiger partial charge in [-0.15, -0.1) is 0 Å². The van der Waals surface area contributed by atoms with E-state index in [-0.39, 0.29) is 0 Å². The molecule has 0 saturated carbocycles. The molecule has 0 atom stereocenters. The number of aliphatic imine (C=N–C) groups is 1. The lowest BCUT2D eigenvalue weighted by Gasteiger charge is -2.34. The fourth-order valence-corrected chi connectivity index (χ4v) is 3.34. The van der Waals surface area contributed by atoms with Crippen molar-refractivity contribution in [3.05, 3.63) is 52.5 Å². The van der Waals surface area contributed by atoms with Crippen LogP contribution in [0.3, 0.4) is 0 Å². The first kappa shape index (κ1) is 15.5. The second kappa shape index (κ2) is 6.11. The summed E-state index contributed by atoms with van der Waals surface area (Å²) < 4.78 is 6.22. The van der Waals surface area contributed by atoms with Crippen LogP contribution in [0.4, 0.5) is 5.69 Å². The molecule has 0 amide bonds. The summed E-state index contributed by atoms with van der Waals surface area (Å²) in [6.07, 6.45) is 0. The fourth-order valence-electron chi connectivity index (χ4n) is 3.17. The lowest BCUT2D eigenvalue weighted by atomic mass is 10.1. The van der Waals surface area contributed by atoms with Crippen molar-refractivity contribution in [1.29, 1.82) is 0 Å². The molecule has 2 heterocycles. The number of likely N-dealkylation sites (N-methyl/N-ethyl adjacent to an activating group) is 1. The Hall–Kier alpha value is -2.04. The Morgan fingerprint density at radius 2 is 1.88 bits per heavy atom. The van der Waals surface area contributed by atoms with E-state index in [1.165, 1.54) is 0 Å². The second-order valence-corrected chi connectivity index (χ2v) is 6.83. The monoisotopic (exact) mass is 341 g/mol. The lowest BCUT2D eigenvalue weighted by Crippen LogP contribution is -2.47. The molecule has 0 aliphatic carbocycles. The molecule has 5 heteroatoms. The van der Waals surface area contributed by atoms with Gasteiger partial charge in [0.25, 0.3) is 0 Å². The minimum atomic E-state index is 0.668. The topological polar surface area (TPSA) is 28.1 Å². The zero-order chi connectivity index (χ0) is 16.7. The zero-order valence-electron chi connectivity index (χ0n) is 13.9. The summed E-state index contributed by atoms with van der Waals surface area (Å²) in [4.78, 5) is 9.63. The molecule has 4 nitrogen and oxygen atoms in total. The Morgan fingerprint density at radius 1 is 1.08 bits per heavy atom. The largest absolute Gasteiger partial charge is 0.454 e. The number of hydrogen-bond donors (Lipinski definition) is 0. The summed E-state index contributed by atoms with van der Waals surface area (Å²) in [5.74, 6) is 2.61. The predicted molar refractivity (Wildman–Crippen MR) is 98.0 cm³/mol. The number of halogens is 1. The third-order valence-electron chi connectivity index (χ3n) is 4.61. The highest BCUT2D eigenvalue weighted by atomic mass is 35.5. The van der Waals surface area contributed by atoms with E-state index in [4.69, 9.17) is 21.3 Å². The van der Waals surface area contributed by atoms with Crippen LogP contribution >= 0.6 is 11.6 Å². The van der Waals surface area contributed by atoms with Crippen molar-refractivity contribution in [2.45, 2.75) is 6.92 Å². The summed E-state index contributed by atoms with van der Waals surface area (Å²) in [6.45, 7) is 6.05. The normalized spacial score (nSPS) is 17.5. The van der Waals surface area contributed by atoms with Gasteiger partial charge in [-0.25, -0.2) is 4.99 Å². The number of para-hydroxylation sites is 1. The zero-order valence-corrected chi connectivity index (χ0v) is 14.7. The number of nitrogens with zero attached hydrogens (tertiary/aromatic N) is 3. The van der Waals surface area contributed by atoms with E-state index in [0.29, 0.717) is 5.02 Å². The van der Waals surface area contributed by atoms with E-state index in [1.807, 2.05) is 18.2 Å². The van der Waals surface area contributed by atoms with Gasteiger partial charge >= 0.3 is 0 Å². The molecule has 4 rings (SSSR count). The van der Waals surface area contributed by atoms with Crippen LogP contribution in [-0.2, 0) is 0 Å². The van der Waals surface area contributed by atoms with Crippen LogP contribution in [0.2, 0.25) is 5.02 Å². The van der Waals surface area contributed by atoms with Crippen LogP contribution in [0.25, 0.3) is 0 Å². The summed E-state index contributed by atoms with van der Waals surface area (Å²) in [6, 6.07) is 11.8. The minimum absolute atomic E-state index is 0.668. The Kier molecular flexibility index (Phi) is 3.94. The molecular weight excluding hydrogens is 322 g/mol. The van der Waals surface area contributed by atoms with Crippen molar-refractivity contribution in [1.82, 2.24) is 9.80 Å². The maximum absolute atomic E-state index is 6.22. The number of aryl methyl sites for hydroxylation is 1. The van der Waals surface area contributed by atoms with E-state index >= 15 is 0 Å². The van der Waals surface area contributed by atoms with Crippen molar-refractivity contribution in [3.63, 3.8) is 0 Å². The first-order valence-electron chi connectivity index (χ1n) is 8.21. The van der Waals surface area contributed by atoms with E-state index in [0.717, 1.165) is 60.3 Å². The van der Waals surface area contributed by atoms with Gasteiger partial charge < -0.3 is 14.5 Å². The van der Waals surface area contributed by atoms with Gasteiger partial charge in [-0.2, -0.15) is 0 Å². The highest BCUT2D eigenvalue weighted by Crippen LogP contribution is 2.40. The number of hydrogen-bond acceptors (Lipinski definition) is 4. The molecule has 0 radical (unpaired) electrons. The molecule has 0 unspecified atom stereocenters. The summed E-state index contributed by atoms with van der Waals surface area (Å²) in [5.41, 5.74) is 2.94. The van der Waals surface area contributed by atoms with E-state index < -0.39 is 0 Å². The third-order valence-corrected chi connectivity index (χ3v) is 4.85. The number of rotatable bonds is 0. The molecule has 0 spiro atoms. The van der Waals surface area contributed by atoms with Crippen LogP contribution in [0, 0.1) is 6.92 Å². The number of ether oxygens (including phenoxy) is 1. The van der Waals surface area contributed by atoms with Crippen LogP contribution in [-0.4, -0.2) is 48.9 Å². The molecular formula is C19H20ClN3O. The quantitative estimate of drug-likeness (QED) is 0.722. The van der Waals surface area contributed by atoms with Crippen LogP contribution in [0.15, 0.2) is 41.4 Å². The Labute approximate surface area is 147 Å². The van der Waals surface area contributed by atoms with Gasteiger partial charge in [0.1, 0.15) is 17.3 Å². The van der Waals surface area contributed by atoms with Gasteiger partial charge in [0, 0.05) is 31.2 Å². The molecule has 2 aromatic carbocycles. The molecule has 2 aromatic rings. The maximum Gasteiger partial charge on any atom is 0.153 e. The van der Waals surface area contributed by atoms with Gasteiger partial charge in [-0.3, -0.25) is 0 Å². The first-order valence-corrected chi connectivity index (χ1v) is 8.59. The molecule has 124 valence electrons. The predicted octanol–water partition coefficient (Wildman–Crippen LogP) is 4.08. The van der Waals surface area contributed by atoms with Crippen molar-refractivity contribution >= 4 is 23.1 Å². The van der Waals surface area contributed by atoms with Gasteiger partial charge in [0.05, 0.1) is 5.56 Å². The van der Waals surface area contributed by atoms with Crippen molar-refractivity contribution in [2.75, 3.05) is 33.2 Å². The average molecular weight is 342 g/mol. The number of amidine groups is 1. The SMILES string of the molecule is Cc1cccc2c1Oc1ccc(Cl)cc1N=C2N1CCN(C)CC1. The molecule has 1 saturated heterocycles. The summed E-state index contributed by atoms with van der Waals surface area (Å²) >= 11 is 6.18. The highest BCUT2D eigenvalue weighted by Gasteiger charge is 2.25. The van der Waals surface area contributed by atoms with E-state index in [1.54, 1.807) is 0 Å². The number of piperazine rings is 1. The first-order chi connectivity index (χ1) is 11.6. The Morgan fingerprint density at radius 3 is 2.67 bits per heavy atom. The van der Waals surface area contributed by atoms with Crippen LogP contribution in [0.1, 0.15) is 11.1 Å². The summed E-state index contributed by atoms with van der Waals surface area (Å²) in [5, 5.41) is 0.668. The van der Waals surface area contributed by atoms with Crippen LogP contribution < -0.4 is 4.74 Å². The van der Waals surface area contributed by atoms with Gasteiger partial charge in [0.15, 0.2) is 5.75 Å². The second-order valence-electron chi connectivity index (χ2n) is 6.39. The molecule has 2 aliphatic rings. The average Bonchev–Trinajstić information content (AvgIpc) is 2.73. The van der Waals surface area contributed by atoms with Crippen molar-refractivity contribution < 1.29 is 4.74 Å². The third kappa shape index (κ3) is 2.76. The van der Waals surface area contributed by atoms with Crippen molar-refractivity contribution in [2.24, 2.45) is 4.99 Å². The smallest absolute Gasteiger partial charge is 0.153 e. The van der Waals surface area contributed by atoms with Gasteiger partial charge in [-0.05, 0) is 43.8 Å². The molecule has 0 aromatic heterocycles. The van der Waals surface area contributed by atoms with Crippen LogP contribution in [0.5, 0.6) is 11.5 Å². The number of benzene rings is 2. The summed E-state index contributed by atoms with van der Waals surface area (Å²) in [7, 11) is 2.16. The van der Waals surface area contributed by atoms with Gasteiger partial charge in [0.2, 0.25) is 0 Å². The standard InChI is InChI=1S/C19H20ClN3O/c1-13-4-3-5-15-18(13)24-17-7-6-14(20)12-16(17)21-19(15)23-10-8-22(2)9-11-23/h3-7,12H,8-11H2,1-2H3. The van der Waals surface area contributed by atoms with Gasteiger partial charge in [-0.1, -0.05) is 23.7 Å². The molecule has 1 fully saturated rings. The fraction of sp³-hybridized carbons (Fsp3) is 0.316. The lowest BCUT2D eigenvalue weighted by molar-refractivity contribution is 0.215. The molecule has 24 heavy (non-hydrogen) atoms.